The number of imidazole rings is 1. The number of ether oxygens (including phenoxy) is 2. The van der Waals surface area contributed by atoms with E-state index in [9.17, 15) is 9.18 Å². The molecule has 0 bridgehead atoms. The molecule has 204 valence electrons. The lowest BCUT2D eigenvalue weighted by molar-refractivity contribution is -0.124. The minimum atomic E-state index is -0.731. The molecule has 2 aliphatic carbocycles. The molecule has 2 saturated carbocycles. The number of hydrogen-bond acceptors (Lipinski definition) is 4. The van der Waals surface area contributed by atoms with Crippen LogP contribution in [0.5, 0.6) is 5.75 Å². The first-order chi connectivity index (χ1) is 18.5. The van der Waals surface area contributed by atoms with Crippen LogP contribution in [0.4, 0.5) is 4.39 Å². The van der Waals surface area contributed by atoms with E-state index in [1.165, 1.54) is 18.9 Å². The number of carbonyl (C=O) groups is 1. The number of carbonyl (C=O) groups excluding carboxylic acids is 1. The van der Waals surface area contributed by atoms with Crippen LogP contribution in [0.1, 0.15) is 87.7 Å². The summed E-state index contributed by atoms with van der Waals surface area (Å²) in [5, 5.41) is 3.32. The third-order valence-electron chi connectivity index (χ3n) is 8.23. The summed E-state index contributed by atoms with van der Waals surface area (Å²) in [6.07, 6.45) is 10.6. The highest BCUT2D eigenvalue weighted by molar-refractivity contribution is 6.31. The molecule has 0 spiro atoms. The highest BCUT2D eigenvalue weighted by Gasteiger charge is 2.35. The maximum Gasteiger partial charge on any atom is 0.247 e. The first-order valence-corrected chi connectivity index (χ1v) is 14.2. The number of nitrogens with one attached hydrogen (secondary N) is 1. The fourth-order valence-corrected chi connectivity index (χ4v) is 6.42. The summed E-state index contributed by atoms with van der Waals surface area (Å²) in [6, 6.07) is 9.88. The van der Waals surface area contributed by atoms with Crippen molar-refractivity contribution in [3.8, 4) is 5.75 Å². The van der Waals surface area contributed by atoms with Crippen molar-refractivity contribution < 1.29 is 18.7 Å². The van der Waals surface area contributed by atoms with E-state index in [1.54, 1.807) is 20.3 Å². The Morgan fingerprint density at radius 3 is 2.32 bits per heavy atom. The van der Waals surface area contributed by atoms with Crippen molar-refractivity contribution in [2.45, 2.75) is 82.4 Å². The molecule has 0 saturated heterocycles. The molecule has 1 N–H and O–H groups in total. The first kappa shape index (κ1) is 26.9. The molecule has 8 heteroatoms. The monoisotopic (exact) mass is 541 g/mol. The second kappa shape index (κ2) is 12.0. The Labute approximate surface area is 228 Å². The summed E-state index contributed by atoms with van der Waals surface area (Å²) in [5.41, 5.74) is 1.87. The van der Waals surface area contributed by atoms with Crippen LogP contribution in [0, 0.1) is 11.7 Å². The maximum absolute atomic E-state index is 14.6. The Kier molecular flexibility index (Phi) is 8.54. The van der Waals surface area contributed by atoms with Gasteiger partial charge < -0.3 is 19.4 Å². The number of halogens is 2. The van der Waals surface area contributed by atoms with Crippen molar-refractivity contribution in [2.75, 3.05) is 14.2 Å². The van der Waals surface area contributed by atoms with Crippen molar-refractivity contribution in [1.29, 1.82) is 0 Å². The van der Waals surface area contributed by atoms with Gasteiger partial charge in [0.25, 0.3) is 0 Å². The standard InChI is InChI=1S/C30H37ClFN3O3/c1-37-22-15-13-19(14-16-22)27(30(36)33-21-11-7-4-8-12-21)35-26-17-23(31)24(32)18-25(26)34-29(35)28(38-2)20-9-5-3-6-10-20/h13-18,20-21,27-28H,3-12H2,1-2H3,(H,33,36). The van der Waals surface area contributed by atoms with E-state index < -0.39 is 11.9 Å². The number of aromatic nitrogens is 2. The second-order valence-corrected chi connectivity index (χ2v) is 11.1. The topological polar surface area (TPSA) is 65.4 Å². The van der Waals surface area contributed by atoms with Crippen molar-refractivity contribution in [2.24, 2.45) is 5.92 Å². The van der Waals surface area contributed by atoms with Crippen LogP contribution in [0.2, 0.25) is 5.02 Å². The Morgan fingerprint density at radius 2 is 1.68 bits per heavy atom. The zero-order valence-corrected chi connectivity index (χ0v) is 23.0. The van der Waals surface area contributed by atoms with Crippen LogP contribution in [0.15, 0.2) is 36.4 Å². The zero-order chi connectivity index (χ0) is 26.6. The molecule has 38 heavy (non-hydrogen) atoms. The fourth-order valence-electron chi connectivity index (χ4n) is 6.26. The molecule has 5 rings (SSSR count). The van der Waals surface area contributed by atoms with Gasteiger partial charge >= 0.3 is 0 Å². The van der Waals surface area contributed by atoms with Crippen LogP contribution in [-0.4, -0.2) is 35.7 Å². The summed E-state index contributed by atoms with van der Waals surface area (Å²) in [4.78, 5) is 19.1. The number of amides is 1. The van der Waals surface area contributed by atoms with Crippen LogP contribution >= 0.6 is 11.6 Å². The quantitative estimate of drug-likeness (QED) is 0.329. The Bertz CT molecular complexity index is 1250. The molecule has 2 fully saturated rings. The number of hydrogen-bond donors (Lipinski definition) is 1. The molecule has 3 aromatic rings. The fraction of sp³-hybridized carbons (Fsp3) is 0.533. The molecular formula is C30H37ClFN3O3. The van der Waals surface area contributed by atoms with Crippen molar-refractivity contribution in [1.82, 2.24) is 14.9 Å². The Morgan fingerprint density at radius 1 is 1.03 bits per heavy atom. The molecule has 1 heterocycles. The van der Waals surface area contributed by atoms with E-state index >= 15 is 0 Å². The highest BCUT2D eigenvalue weighted by Crippen LogP contribution is 2.40. The third kappa shape index (κ3) is 5.55. The lowest BCUT2D eigenvalue weighted by Gasteiger charge is -2.32. The van der Waals surface area contributed by atoms with Gasteiger partial charge in [0, 0.05) is 19.2 Å². The van der Waals surface area contributed by atoms with Crippen LogP contribution < -0.4 is 10.1 Å². The van der Waals surface area contributed by atoms with E-state index in [1.807, 2.05) is 28.8 Å². The van der Waals surface area contributed by atoms with Crippen LogP contribution in [-0.2, 0) is 9.53 Å². The van der Waals surface area contributed by atoms with Gasteiger partial charge in [0.15, 0.2) is 0 Å². The lowest BCUT2D eigenvalue weighted by atomic mass is 9.84. The predicted molar refractivity (Wildman–Crippen MR) is 147 cm³/mol. The van der Waals surface area contributed by atoms with E-state index in [2.05, 4.69) is 5.32 Å². The van der Waals surface area contributed by atoms with Gasteiger partial charge in [-0.3, -0.25) is 4.79 Å². The van der Waals surface area contributed by atoms with Gasteiger partial charge in [0.2, 0.25) is 5.91 Å². The highest BCUT2D eigenvalue weighted by atomic mass is 35.5. The average Bonchev–Trinajstić information content (AvgIpc) is 3.28. The van der Waals surface area contributed by atoms with Gasteiger partial charge in [-0.05, 0) is 55.4 Å². The van der Waals surface area contributed by atoms with E-state index in [0.29, 0.717) is 22.6 Å². The van der Waals surface area contributed by atoms with Crippen molar-refractivity contribution >= 4 is 28.5 Å². The number of fused-ring (bicyclic) bond motifs is 1. The molecule has 2 atom stereocenters. The number of rotatable bonds is 8. The summed E-state index contributed by atoms with van der Waals surface area (Å²) in [7, 11) is 3.31. The molecule has 0 aliphatic heterocycles. The van der Waals surface area contributed by atoms with Gasteiger partial charge in [-0.2, -0.15) is 0 Å². The molecule has 2 unspecified atom stereocenters. The smallest absolute Gasteiger partial charge is 0.247 e. The largest absolute Gasteiger partial charge is 0.497 e. The predicted octanol–water partition coefficient (Wildman–Crippen LogP) is 7.14. The van der Waals surface area contributed by atoms with Gasteiger partial charge in [-0.1, -0.05) is 62.3 Å². The van der Waals surface area contributed by atoms with Crippen molar-refractivity contribution in [3.63, 3.8) is 0 Å². The molecular weight excluding hydrogens is 505 g/mol. The Balaban J connectivity index is 1.67. The summed E-state index contributed by atoms with van der Waals surface area (Å²) in [5.74, 6) is 0.965. The van der Waals surface area contributed by atoms with Gasteiger partial charge in [-0.25, -0.2) is 9.37 Å². The third-order valence-corrected chi connectivity index (χ3v) is 8.52. The number of nitrogens with zero attached hydrogens (tertiary/aromatic N) is 2. The average molecular weight is 542 g/mol. The molecule has 0 radical (unpaired) electrons. The minimum Gasteiger partial charge on any atom is -0.497 e. The zero-order valence-electron chi connectivity index (χ0n) is 22.2. The molecule has 1 aromatic heterocycles. The maximum atomic E-state index is 14.6. The lowest BCUT2D eigenvalue weighted by Crippen LogP contribution is -2.41. The van der Waals surface area contributed by atoms with Crippen LogP contribution in [0.3, 0.4) is 0 Å². The van der Waals surface area contributed by atoms with Gasteiger partial charge in [0.1, 0.15) is 29.5 Å². The summed E-state index contributed by atoms with van der Waals surface area (Å²) in [6.45, 7) is 0. The van der Waals surface area contributed by atoms with Gasteiger partial charge in [-0.15, -0.1) is 0 Å². The normalized spacial score (nSPS) is 18.8. The van der Waals surface area contributed by atoms with E-state index in [0.717, 1.165) is 56.9 Å². The van der Waals surface area contributed by atoms with Crippen molar-refractivity contribution in [3.05, 3.63) is 58.6 Å². The molecule has 6 nitrogen and oxygen atoms in total. The second-order valence-electron chi connectivity index (χ2n) is 10.7. The molecule has 2 aromatic carbocycles. The van der Waals surface area contributed by atoms with Gasteiger partial charge in [0.05, 0.1) is 23.2 Å². The first-order valence-electron chi connectivity index (χ1n) is 13.8. The summed E-state index contributed by atoms with van der Waals surface area (Å²) < 4.78 is 28.0. The Hall–Kier alpha value is -2.64. The van der Waals surface area contributed by atoms with E-state index in [-0.39, 0.29) is 29.0 Å². The number of benzene rings is 2. The number of methoxy groups -OCH3 is 2. The minimum absolute atomic E-state index is 0.00185. The van der Waals surface area contributed by atoms with Crippen LogP contribution in [0.25, 0.3) is 11.0 Å². The van der Waals surface area contributed by atoms with E-state index in [4.69, 9.17) is 26.1 Å². The SMILES string of the molecule is COc1ccc(C(C(=O)NC2CCCCC2)n2c(C(OC)C3CCCCC3)nc3cc(F)c(Cl)cc32)cc1. The molecule has 2 aliphatic rings. The summed E-state index contributed by atoms with van der Waals surface area (Å²) >= 11 is 6.29. The molecule has 1 amide bonds.